The number of hydrogen-bond acceptors (Lipinski definition) is 9. The standard InChI is InChI=1S/C11H24O6Si.C8H18O3Si/c1-7(12-4)15-10(16-8(2)13-5)11(18)17-9(3)14-6;1-4-9-7(10-5-2)8(12)11-6-3/h7-9H,1-6,18H3;4-6H2,1-3,12H3. The van der Waals surface area contributed by atoms with Crippen LogP contribution >= 0.6 is 0 Å². The largest absolute Gasteiger partial charge is 0.497 e. The third kappa shape index (κ3) is 15.4. The highest BCUT2D eigenvalue weighted by molar-refractivity contribution is 6.20. The maximum absolute atomic E-state index is 5.51. The van der Waals surface area contributed by atoms with Crippen molar-refractivity contribution >= 4 is 20.5 Å². The number of methoxy groups -OCH3 is 3. The maximum Gasteiger partial charge on any atom is 0.317 e. The van der Waals surface area contributed by atoms with Crippen LogP contribution in [0.2, 0.25) is 0 Å². The molecular formula is C19H42O9Si2. The molecule has 0 aromatic rings. The van der Waals surface area contributed by atoms with E-state index in [1.54, 1.807) is 42.1 Å². The van der Waals surface area contributed by atoms with Crippen LogP contribution in [0.5, 0.6) is 0 Å². The Hall–Kier alpha value is -1.41. The van der Waals surface area contributed by atoms with Gasteiger partial charge < -0.3 is 42.6 Å². The third-order valence-corrected chi connectivity index (χ3v) is 4.71. The normalized spacial score (nSPS) is 13.1. The molecule has 0 aliphatic carbocycles. The lowest BCUT2D eigenvalue weighted by Gasteiger charge is -2.22. The van der Waals surface area contributed by atoms with E-state index in [2.05, 4.69) is 0 Å². The Balaban J connectivity index is 0. The highest BCUT2D eigenvalue weighted by atomic mass is 28.1. The monoisotopic (exact) mass is 470 g/mol. The highest BCUT2D eigenvalue weighted by Gasteiger charge is 2.16. The quantitative estimate of drug-likeness (QED) is 0.198. The van der Waals surface area contributed by atoms with Crippen molar-refractivity contribution < 1.29 is 42.6 Å². The van der Waals surface area contributed by atoms with Gasteiger partial charge in [0.05, 0.1) is 40.3 Å². The summed E-state index contributed by atoms with van der Waals surface area (Å²) in [7, 11) is 6.09. The van der Waals surface area contributed by atoms with E-state index in [4.69, 9.17) is 42.6 Å². The highest BCUT2D eigenvalue weighted by Crippen LogP contribution is 2.15. The molecule has 0 N–H and O–H groups in total. The zero-order valence-electron chi connectivity index (χ0n) is 20.5. The minimum absolute atomic E-state index is 0.272. The second-order valence-electron chi connectivity index (χ2n) is 5.75. The van der Waals surface area contributed by atoms with Gasteiger partial charge in [0.25, 0.3) is 0 Å². The number of rotatable bonds is 15. The summed E-state index contributed by atoms with van der Waals surface area (Å²) >= 11 is 0. The molecule has 30 heavy (non-hydrogen) atoms. The Morgan fingerprint density at radius 1 is 0.567 bits per heavy atom. The van der Waals surface area contributed by atoms with Gasteiger partial charge in [-0.25, -0.2) is 0 Å². The SMILES string of the molecule is CCOC([SiH3])=C(OCC)OCC.COC(C)OC([SiH3])=C(OC(C)OC)OC(C)OC. The molecule has 0 saturated carbocycles. The van der Waals surface area contributed by atoms with Crippen LogP contribution in [0.1, 0.15) is 41.5 Å². The van der Waals surface area contributed by atoms with Gasteiger partial charge in [0.1, 0.15) is 10.8 Å². The molecule has 3 atom stereocenters. The molecule has 0 aromatic carbocycles. The van der Waals surface area contributed by atoms with Crippen molar-refractivity contribution in [1.82, 2.24) is 0 Å². The van der Waals surface area contributed by atoms with E-state index in [1.807, 2.05) is 20.8 Å². The van der Waals surface area contributed by atoms with Crippen LogP contribution in [0.15, 0.2) is 22.7 Å². The van der Waals surface area contributed by atoms with Gasteiger partial charge in [-0.3, -0.25) is 0 Å². The van der Waals surface area contributed by atoms with Crippen molar-refractivity contribution in [2.24, 2.45) is 0 Å². The van der Waals surface area contributed by atoms with Gasteiger partial charge in [0.2, 0.25) is 0 Å². The van der Waals surface area contributed by atoms with Crippen molar-refractivity contribution in [3.05, 3.63) is 22.7 Å². The zero-order chi connectivity index (χ0) is 23.5. The van der Waals surface area contributed by atoms with Gasteiger partial charge in [-0.05, 0) is 41.5 Å². The molecule has 180 valence electrons. The average molecular weight is 471 g/mol. The van der Waals surface area contributed by atoms with Crippen molar-refractivity contribution in [3.63, 3.8) is 0 Å². The first-order valence-electron chi connectivity index (χ1n) is 10.1. The van der Waals surface area contributed by atoms with Crippen LogP contribution < -0.4 is 0 Å². The van der Waals surface area contributed by atoms with Gasteiger partial charge in [0, 0.05) is 21.3 Å². The molecule has 11 heteroatoms. The fourth-order valence-corrected chi connectivity index (χ4v) is 2.86. The Morgan fingerprint density at radius 2 is 0.933 bits per heavy atom. The van der Waals surface area contributed by atoms with Gasteiger partial charge >= 0.3 is 11.9 Å². The van der Waals surface area contributed by atoms with E-state index >= 15 is 0 Å². The van der Waals surface area contributed by atoms with Crippen LogP contribution in [-0.2, 0) is 42.6 Å². The summed E-state index contributed by atoms with van der Waals surface area (Å²) in [4.78, 5) is 0. The first kappa shape index (κ1) is 30.8. The summed E-state index contributed by atoms with van der Waals surface area (Å²) in [6.45, 7) is 13.0. The predicted molar refractivity (Wildman–Crippen MR) is 121 cm³/mol. The van der Waals surface area contributed by atoms with Crippen molar-refractivity contribution in [2.45, 2.75) is 60.4 Å². The molecule has 0 radical (unpaired) electrons. The van der Waals surface area contributed by atoms with Gasteiger partial charge in [-0.15, -0.1) is 0 Å². The topological polar surface area (TPSA) is 83.1 Å². The summed E-state index contributed by atoms with van der Waals surface area (Å²) in [6.07, 6.45) is -1.24. The summed E-state index contributed by atoms with van der Waals surface area (Å²) in [5, 5.41) is 1.44. The van der Waals surface area contributed by atoms with Crippen molar-refractivity contribution in [1.29, 1.82) is 0 Å². The lowest BCUT2D eigenvalue weighted by Crippen LogP contribution is -2.21. The predicted octanol–water partition coefficient (Wildman–Crippen LogP) is 1.09. The van der Waals surface area contributed by atoms with Crippen LogP contribution in [-0.4, -0.2) is 80.5 Å². The van der Waals surface area contributed by atoms with Crippen LogP contribution in [0.25, 0.3) is 0 Å². The van der Waals surface area contributed by atoms with E-state index in [9.17, 15) is 0 Å². The molecule has 0 amide bonds. The summed E-state index contributed by atoms with van der Waals surface area (Å²) in [5.41, 5.74) is 0. The minimum atomic E-state index is -0.436. The smallest absolute Gasteiger partial charge is 0.317 e. The molecule has 0 saturated heterocycles. The number of ether oxygens (including phenoxy) is 9. The lowest BCUT2D eigenvalue weighted by molar-refractivity contribution is -0.182. The Morgan fingerprint density at radius 3 is 1.27 bits per heavy atom. The molecule has 0 aliphatic rings. The second kappa shape index (κ2) is 19.6. The molecule has 0 aromatic heterocycles. The maximum atomic E-state index is 5.51. The van der Waals surface area contributed by atoms with Gasteiger partial charge in [0.15, 0.2) is 18.9 Å². The van der Waals surface area contributed by atoms with Crippen LogP contribution in [0.3, 0.4) is 0 Å². The number of hydrogen-bond donors (Lipinski definition) is 0. The van der Waals surface area contributed by atoms with Gasteiger partial charge in [-0.2, -0.15) is 0 Å². The first-order chi connectivity index (χ1) is 14.2. The molecule has 0 spiro atoms. The Kier molecular flexibility index (Phi) is 20.1. The Bertz CT molecular complexity index is 465. The average Bonchev–Trinajstić information content (AvgIpc) is 2.73. The molecule has 3 unspecified atom stereocenters. The van der Waals surface area contributed by atoms with Crippen LogP contribution in [0.4, 0.5) is 0 Å². The van der Waals surface area contributed by atoms with Crippen LogP contribution in [0, 0.1) is 0 Å². The zero-order valence-corrected chi connectivity index (χ0v) is 24.5. The van der Waals surface area contributed by atoms with E-state index in [1.165, 1.54) is 0 Å². The summed E-state index contributed by atoms with van der Waals surface area (Å²) < 4.78 is 47.4. The fraction of sp³-hybridized carbons (Fsp3) is 0.789. The van der Waals surface area contributed by atoms with Crippen molar-refractivity contribution in [3.8, 4) is 0 Å². The molecule has 9 nitrogen and oxygen atoms in total. The van der Waals surface area contributed by atoms with E-state index in [0.717, 1.165) is 15.6 Å². The fourth-order valence-electron chi connectivity index (χ4n) is 1.72. The van der Waals surface area contributed by atoms with Crippen molar-refractivity contribution in [2.75, 3.05) is 41.2 Å². The molecule has 0 heterocycles. The first-order valence-corrected chi connectivity index (χ1v) is 12.1. The molecule has 0 rings (SSSR count). The third-order valence-electron chi connectivity index (χ3n) is 3.37. The molecular weight excluding hydrogens is 428 g/mol. The second-order valence-corrected chi connectivity index (χ2v) is 7.57. The summed E-state index contributed by atoms with van der Waals surface area (Å²) in [5.74, 6) is 0.836. The summed E-state index contributed by atoms with van der Waals surface area (Å²) in [6, 6.07) is 0. The Labute approximate surface area is 187 Å². The lowest BCUT2D eigenvalue weighted by atomic mass is 10.7. The van der Waals surface area contributed by atoms with Gasteiger partial charge in [-0.1, -0.05) is 0 Å². The minimum Gasteiger partial charge on any atom is -0.497 e. The molecule has 0 aliphatic heterocycles. The molecule has 0 fully saturated rings. The van der Waals surface area contributed by atoms with E-state index in [0.29, 0.717) is 41.4 Å². The molecule has 0 bridgehead atoms. The van der Waals surface area contributed by atoms with E-state index in [-0.39, 0.29) is 12.2 Å². The van der Waals surface area contributed by atoms with E-state index < -0.39 is 12.6 Å².